The molecule has 112 valence electrons. The molecule has 6 nitrogen and oxygen atoms in total. The largest absolute Gasteiger partial charge is 0.335 e. The first-order valence-corrected chi connectivity index (χ1v) is 8.60. The van der Waals surface area contributed by atoms with Gasteiger partial charge in [-0.3, -0.25) is 9.20 Å². The molecule has 0 radical (unpaired) electrons. The first-order valence-electron chi connectivity index (χ1n) is 6.88. The molecule has 0 saturated carbocycles. The van der Waals surface area contributed by atoms with E-state index in [9.17, 15) is 13.2 Å². The van der Waals surface area contributed by atoms with Crippen molar-refractivity contribution < 1.29 is 13.2 Å². The molecule has 1 saturated heterocycles. The number of aromatic nitrogens is 2. The van der Waals surface area contributed by atoms with Gasteiger partial charge < -0.3 is 4.90 Å². The second-order valence-electron chi connectivity index (χ2n) is 5.26. The van der Waals surface area contributed by atoms with E-state index in [0.717, 1.165) is 5.65 Å². The number of carbonyl (C=O) groups is 1. The minimum atomic E-state index is -3.07. The van der Waals surface area contributed by atoms with Crippen molar-refractivity contribution >= 4 is 21.4 Å². The standard InChI is InChI=1S/C14H17N3O3S/c1-3-21(19,20)11-8-16(9-11)14(18)13-10(2)15-12-6-4-5-7-17(12)13/h4-7,11H,3,8-9H2,1-2H3. The van der Waals surface area contributed by atoms with Crippen LogP contribution in [0.1, 0.15) is 23.1 Å². The highest BCUT2D eigenvalue weighted by atomic mass is 32.2. The lowest BCUT2D eigenvalue weighted by Gasteiger charge is -2.38. The Morgan fingerprint density at radius 1 is 1.38 bits per heavy atom. The Morgan fingerprint density at radius 3 is 2.76 bits per heavy atom. The fourth-order valence-corrected chi connectivity index (χ4v) is 3.87. The SMILES string of the molecule is CCS(=O)(=O)C1CN(C(=O)c2c(C)nc3ccccn23)C1. The van der Waals surface area contributed by atoms with E-state index in [2.05, 4.69) is 4.98 Å². The summed E-state index contributed by atoms with van der Waals surface area (Å²) in [6.45, 7) is 3.97. The Bertz CT molecular complexity index is 804. The van der Waals surface area contributed by atoms with E-state index >= 15 is 0 Å². The van der Waals surface area contributed by atoms with E-state index in [-0.39, 0.29) is 24.7 Å². The molecule has 0 atom stereocenters. The van der Waals surface area contributed by atoms with Crippen molar-refractivity contribution in [2.45, 2.75) is 19.1 Å². The van der Waals surface area contributed by atoms with Crippen LogP contribution in [0.2, 0.25) is 0 Å². The molecule has 1 amide bonds. The molecule has 0 aromatic carbocycles. The molecule has 1 aliphatic heterocycles. The van der Waals surface area contributed by atoms with Gasteiger partial charge in [-0.15, -0.1) is 0 Å². The molecular formula is C14H17N3O3S. The summed E-state index contributed by atoms with van der Waals surface area (Å²) in [5, 5.41) is -0.425. The molecule has 21 heavy (non-hydrogen) atoms. The number of rotatable bonds is 3. The van der Waals surface area contributed by atoms with E-state index < -0.39 is 15.1 Å². The van der Waals surface area contributed by atoms with Crippen molar-refractivity contribution in [1.29, 1.82) is 0 Å². The van der Waals surface area contributed by atoms with Crippen LogP contribution in [0.15, 0.2) is 24.4 Å². The quantitative estimate of drug-likeness (QED) is 0.844. The maximum Gasteiger partial charge on any atom is 0.272 e. The number of aryl methyl sites for hydroxylation is 1. The fourth-order valence-electron chi connectivity index (χ4n) is 2.59. The van der Waals surface area contributed by atoms with Gasteiger partial charge in [0.25, 0.3) is 5.91 Å². The zero-order valence-corrected chi connectivity index (χ0v) is 12.8. The van der Waals surface area contributed by atoms with Crippen molar-refractivity contribution in [3.05, 3.63) is 35.8 Å². The van der Waals surface area contributed by atoms with Crippen LogP contribution in [-0.4, -0.2) is 52.7 Å². The van der Waals surface area contributed by atoms with Crippen LogP contribution in [0, 0.1) is 6.92 Å². The van der Waals surface area contributed by atoms with Gasteiger partial charge in [-0.25, -0.2) is 13.4 Å². The van der Waals surface area contributed by atoms with Crippen molar-refractivity contribution in [1.82, 2.24) is 14.3 Å². The predicted octanol–water partition coefficient (Wildman–Crippen LogP) is 0.902. The number of nitrogens with zero attached hydrogens (tertiary/aromatic N) is 3. The Hall–Kier alpha value is -1.89. The molecule has 0 spiro atoms. The average Bonchev–Trinajstić information content (AvgIpc) is 2.72. The second-order valence-corrected chi connectivity index (χ2v) is 7.83. The molecule has 7 heteroatoms. The summed E-state index contributed by atoms with van der Waals surface area (Å²) < 4.78 is 25.3. The molecule has 3 heterocycles. The van der Waals surface area contributed by atoms with Gasteiger partial charge in [0.2, 0.25) is 0 Å². The van der Waals surface area contributed by atoms with Crippen molar-refractivity contribution in [2.75, 3.05) is 18.8 Å². The third-order valence-corrected chi connectivity index (χ3v) is 6.07. The molecule has 1 fully saturated rings. The van der Waals surface area contributed by atoms with Crippen molar-refractivity contribution in [3.63, 3.8) is 0 Å². The summed E-state index contributed by atoms with van der Waals surface area (Å²) in [4.78, 5) is 18.5. The molecule has 2 aromatic heterocycles. The molecule has 0 bridgehead atoms. The van der Waals surface area contributed by atoms with Gasteiger partial charge in [0.1, 0.15) is 11.3 Å². The van der Waals surface area contributed by atoms with E-state index in [4.69, 9.17) is 0 Å². The Balaban J connectivity index is 1.85. The van der Waals surface area contributed by atoms with Crippen LogP contribution in [-0.2, 0) is 9.84 Å². The minimum Gasteiger partial charge on any atom is -0.335 e. The maximum atomic E-state index is 12.6. The van der Waals surface area contributed by atoms with E-state index in [1.165, 1.54) is 0 Å². The van der Waals surface area contributed by atoms with Crippen LogP contribution in [0.4, 0.5) is 0 Å². The third-order valence-electron chi connectivity index (χ3n) is 3.95. The lowest BCUT2D eigenvalue weighted by Crippen LogP contribution is -2.57. The van der Waals surface area contributed by atoms with Gasteiger partial charge in [0.05, 0.1) is 10.9 Å². The number of hydrogen-bond donors (Lipinski definition) is 0. The summed E-state index contributed by atoms with van der Waals surface area (Å²) in [5.74, 6) is -0.0392. The van der Waals surface area contributed by atoms with E-state index in [0.29, 0.717) is 11.4 Å². The number of likely N-dealkylation sites (tertiary alicyclic amines) is 1. The fraction of sp³-hybridized carbons (Fsp3) is 0.429. The maximum absolute atomic E-state index is 12.6. The van der Waals surface area contributed by atoms with Gasteiger partial charge >= 0.3 is 0 Å². The molecule has 1 aliphatic rings. The van der Waals surface area contributed by atoms with Crippen molar-refractivity contribution in [3.8, 4) is 0 Å². The van der Waals surface area contributed by atoms with Crippen LogP contribution in [0.3, 0.4) is 0 Å². The lowest BCUT2D eigenvalue weighted by atomic mass is 10.2. The second kappa shape index (κ2) is 4.84. The smallest absolute Gasteiger partial charge is 0.272 e. The van der Waals surface area contributed by atoms with Crippen molar-refractivity contribution in [2.24, 2.45) is 0 Å². The molecule has 3 rings (SSSR count). The lowest BCUT2D eigenvalue weighted by molar-refractivity contribution is 0.0651. The van der Waals surface area contributed by atoms with Crippen LogP contribution in [0.25, 0.3) is 5.65 Å². The molecule has 0 N–H and O–H groups in total. The van der Waals surface area contributed by atoms with Crippen LogP contribution < -0.4 is 0 Å². The predicted molar refractivity (Wildman–Crippen MR) is 79.1 cm³/mol. The highest BCUT2D eigenvalue weighted by Gasteiger charge is 2.40. The van der Waals surface area contributed by atoms with Gasteiger partial charge in [0, 0.05) is 25.0 Å². The Labute approximate surface area is 123 Å². The number of carbonyl (C=O) groups excluding carboxylic acids is 1. The van der Waals surface area contributed by atoms with Gasteiger partial charge in [-0.1, -0.05) is 13.0 Å². The summed E-state index contributed by atoms with van der Waals surface area (Å²) in [6, 6.07) is 5.54. The van der Waals surface area contributed by atoms with Gasteiger partial charge in [-0.05, 0) is 19.1 Å². The number of sulfone groups is 1. The number of hydrogen-bond acceptors (Lipinski definition) is 4. The number of imidazole rings is 1. The van der Waals surface area contributed by atoms with E-state index in [1.807, 2.05) is 18.2 Å². The normalized spacial score (nSPS) is 16.2. The zero-order valence-electron chi connectivity index (χ0n) is 12.0. The highest BCUT2D eigenvalue weighted by Crippen LogP contribution is 2.22. The molecular weight excluding hydrogens is 290 g/mol. The first kappa shape index (κ1) is 14.1. The number of fused-ring (bicyclic) bond motifs is 1. The molecule has 0 aliphatic carbocycles. The number of amides is 1. The topological polar surface area (TPSA) is 71.8 Å². The average molecular weight is 307 g/mol. The first-order chi connectivity index (χ1) is 9.94. The molecule has 2 aromatic rings. The van der Waals surface area contributed by atoms with Gasteiger partial charge in [-0.2, -0.15) is 0 Å². The van der Waals surface area contributed by atoms with E-state index in [1.54, 1.807) is 29.3 Å². The third kappa shape index (κ3) is 2.21. The Kier molecular flexibility index (Phi) is 3.24. The summed E-state index contributed by atoms with van der Waals surface area (Å²) in [6.07, 6.45) is 1.79. The summed E-state index contributed by atoms with van der Waals surface area (Å²) in [7, 11) is -3.07. The zero-order chi connectivity index (χ0) is 15.2. The molecule has 0 unspecified atom stereocenters. The monoisotopic (exact) mass is 307 g/mol. The summed E-state index contributed by atoms with van der Waals surface area (Å²) in [5.41, 5.74) is 1.89. The number of pyridine rings is 1. The van der Waals surface area contributed by atoms with Crippen LogP contribution in [0.5, 0.6) is 0 Å². The minimum absolute atomic E-state index is 0.119. The van der Waals surface area contributed by atoms with Gasteiger partial charge in [0.15, 0.2) is 9.84 Å². The highest BCUT2D eigenvalue weighted by molar-refractivity contribution is 7.92. The van der Waals surface area contributed by atoms with Crippen LogP contribution >= 0.6 is 0 Å². The Morgan fingerprint density at radius 2 is 2.10 bits per heavy atom. The summed E-state index contributed by atoms with van der Waals surface area (Å²) >= 11 is 0.